The Balaban J connectivity index is 1.07. The van der Waals surface area contributed by atoms with Gasteiger partial charge in [0.15, 0.2) is 0 Å². The second-order valence-corrected chi connectivity index (χ2v) is 21.0. The summed E-state index contributed by atoms with van der Waals surface area (Å²) >= 11 is 3.87. The number of hydrogen-bond donors (Lipinski definition) is 0. The molecule has 0 N–H and O–H groups in total. The van der Waals surface area contributed by atoms with Crippen molar-refractivity contribution in [3.05, 3.63) is 231 Å². The fraction of sp³-hybridized carbons (Fsp3) is 0. The summed E-state index contributed by atoms with van der Waals surface area (Å²) in [7, 11) is 0. The normalized spacial score (nSPS) is 12.2. The summed E-state index contributed by atoms with van der Waals surface area (Å²) in [4.78, 5) is 0. The highest BCUT2D eigenvalue weighted by molar-refractivity contribution is 7.27. The smallest absolute Gasteiger partial charge is 0.135 e. The Morgan fingerprint density at radius 1 is 0.254 bits per heavy atom. The van der Waals surface area contributed by atoms with E-state index < -0.39 is 0 Å². The van der Waals surface area contributed by atoms with Crippen molar-refractivity contribution in [3.8, 4) is 44.5 Å². The number of rotatable bonds is 4. The molecule has 3 heteroatoms. The Kier molecular flexibility index (Phi) is 8.27. The molecule has 0 fully saturated rings. The molecule has 13 aromatic carbocycles. The van der Waals surface area contributed by atoms with Crippen molar-refractivity contribution in [1.82, 2.24) is 0 Å². The van der Waals surface area contributed by atoms with E-state index in [1.807, 2.05) is 28.7 Å². The summed E-state index contributed by atoms with van der Waals surface area (Å²) in [6, 6.07) is 85.7. The zero-order valence-corrected chi connectivity index (χ0v) is 39.8. The van der Waals surface area contributed by atoms with Gasteiger partial charge in [-0.05, 0) is 124 Å². The number of para-hydroxylation sites is 1. The van der Waals surface area contributed by atoms with Crippen molar-refractivity contribution >= 4 is 139 Å². The molecule has 0 unspecified atom stereocenters. The Bertz CT molecular complexity index is 4820. The molecule has 71 heavy (non-hydrogen) atoms. The summed E-state index contributed by atoms with van der Waals surface area (Å²) in [6.07, 6.45) is 0. The molecule has 0 radical (unpaired) electrons. The maximum Gasteiger partial charge on any atom is 0.135 e. The third kappa shape index (κ3) is 5.56. The van der Waals surface area contributed by atoms with Crippen LogP contribution in [0, 0.1) is 0 Å². The lowest BCUT2D eigenvalue weighted by molar-refractivity contribution is 0.669. The molecule has 16 rings (SSSR count). The van der Waals surface area contributed by atoms with E-state index in [0.29, 0.717) is 0 Å². The van der Waals surface area contributed by atoms with Crippen LogP contribution in [0.4, 0.5) is 0 Å². The molecular weight excluding hydrogens is 897 g/mol. The van der Waals surface area contributed by atoms with Gasteiger partial charge in [0.2, 0.25) is 0 Å². The van der Waals surface area contributed by atoms with Gasteiger partial charge in [0.05, 0.1) is 0 Å². The molecule has 1 nitrogen and oxygen atoms in total. The van der Waals surface area contributed by atoms with Gasteiger partial charge in [0.1, 0.15) is 11.2 Å². The first-order chi connectivity index (χ1) is 35.2. The Labute approximate surface area is 415 Å². The average molecular weight is 935 g/mol. The van der Waals surface area contributed by atoms with E-state index in [0.717, 1.165) is 21.9 Å². The maximum atomic E-state index is 6.35. The minimum Gasteiger partial charge on any atom is -0.456 e. The number of hydrogen-bond acceptors (Lipinski definition) is 3. The van der Waals surface area contributed by atoms with Crippen molar-refractivity contribution in [2.75, 3.05) is 0 Å². The van der Waals surface area contributed by atoms with Crippen LogP contribution in [0.1, 0.15) is 0 Å². The van der Waals surface area contributed by atoms with Crippen LogP contribution in [0.2, 0.25) is 0 Å². The van der Waals surface area contributed by atoms with Crippen LogP contribution >= 0.6 is 22.7 Å². The Morgan fingerprint density at radius 3 is 1.13 bits per heavy atom. The van der Waals surface area contributed by atoms with Crippen molar-refractivity contribution < 1.29 is 4.42 Å². The van der Waals surface area contributed by atoms with Crippen molar-refractivity contribution in [1.29, 1.82) is 0 Å². The van der Waals surface area contributed by atoms with E-state index in [2.05, 4.69) is 224 Å². The molecule has 328 valence electrons. The molecule has 0 amide bonds. The molecular formula is C68H38OS2. The third-order valence-corrected chi connectivity index (χ3v) is 17.6. The topological polar surface area (TPSA) is 13.1 Å². The minimum absolute atomic E-state index is 0.906. The summed E-state index contributed by atoms with van der Waals surface area (Å²) in [5, 5.41) is 20.1. The van der Waals surface area contributed by atoms with E-state index in [9.17, 15) is 0 Å². The van der Waals surface area contributed by atoms with Gasteiger partial charge in [-0.15, -0.1) is 22.7 Å². The van der Waals surface area contributed by atoms with Gasteiger partial charge in [-0.3, -0.25) is 0 Å². The number of furan rings is 1. The molecule has 0 aliphatic rings. The standard InChI is InChI=1S/C68H38OS2/c1-2-18-39(19-3-1)60-43-21-4-8-25-47(43)63(48-26-9-5-22-44(48)60)54-37-41-38-55(68-66(52-30-14-17-33-59(52)71-68)62(41)65-51-29-13-16-32-58(51)70-67(54)65)64-49-27-10-6-23-45(49)61(46-24-7-11-28-50(46)64)40-34-35-57-53(36-40)42-20-12-15-31-56(42)69-57/h1-38H. The summed E-state index contributed by atoms with van der Waals surface area (Å²) in [6.45, 7) is 0. The fourth-order valence-electron chi connectivity index (χ4n) is 12.3. The van der Waals surface area contributed by atoms with Crippen LogP contribution in [0.25, 0.3) is 161 Å². The zero-order chi connectivity index (χ0) is 46.3. The van der Waals surface area contributed by atoms with Gasteiger partial charge in [0.25, 0.3) is 0 Å². The Hall–Kier alpha value is -8.60. The van der Waals surface area contributed by atoms with Gasteiger partial charge in [-0.25, -0.2) is 0 Å². The van der Waals surface area contributed by atoms with Gasteiger partial charge in [0, 0.05) is 67.6 Å². The van der Waals surface area contributed by atoms with Crippen LogP contribution in [0.5, 0.6) is 0 Å². The monoisotopic (exact) mass is 934 g/mol. The largest absolute Gasteiger partial charge is 0.456 e. The summed E-state index contributed by atoms with van der Waals surface area (Å²) < 4.78 is 11.6. The van der Waals surface area contributed by atoms with E-state index in [1.165, 1.54) is 139 Å². The first-order valence-electron chi connectivity index (χ1n) is 24.3. The van der Waals surface area contributed by atoms with E-state index in [4.69, 9.17) is 4.42 Å². The predicted octanol–water partition coefficient (Wildman–Crippen LogP) is 20.8. The van der Waals surface area contributed by atoms with Crippen LogP contribution in [-0.4, -0.2) is 0 Å². The molecule has 0 aliphatic carbocycles. The number of fused-ring (bicyclic) bond motifs is 16. The van der Waals surface area contributed by atoms with Gasteiger partial charge in [-0.1, -0.05) is 188 Å². The second kappa shape index (κ2) is 15.0. The molecule has 0 spiro atoms. The number of benzene rings is 13. The van der Waals surface area contributed by atoms with Crippen LogP contribution in [-0.2, 0) is 0 Å². The average Bonchev–Trinajstić information content (AvgIpc) is 4.14. The SMILES string of the molecule is c1ccc(-c2c3ccccc3c(-c3cc4cc(-c5c6ccccc6c(-c6ccc7oc8ccccc8c7c6)c6ccccc56)c5sc6ccccc6c5c4c4c3sc3ccccc34)c3ccccc23)cc1. The van der Waals surface area contributed by atoms with E-state index in [1.54, 1.807) is 0 Å². The molecule has 0 aliphatic heterocycles. The molecule has 3 aromatic heterocycles. The van der Waals surface area contributed by atoms with Gasteiger partial charge in [-0.2, -0.15) is 0 Å². The van der Waals surface area contributed by atoms with E-state index in [-0.39, 0.29) is 0 Å². The van der Waals surface area contributed by atoms with Crippen LogP contribution in [0.3, 0.4) is 0 Å². The second-order valence-electron chi connectivity index (χ2n) is 18.9. The van der Waals surface area contributed by atoms with E-state index >= 15 is 0 Å². The molecule has 0 saturated heterocycles. The molecule has 0 atom stereocenters. The highest BCUT2D eigenvalue weighted by Crippen LogP contribution is 2.55. The lowest BCUT2D eigenvalue weighted by Gasteiger charge is -2.20. The summed E-state index contributed by atoms with van der Waals surface area (Å²) in [5.74, 6) is 0. The van der Waals surface area contributed by atoms with Crippen molar-refractivity contribution in [2.24, 2.45) is 0 Å². The Morgan fingerprint density at radius 2 is 0.634 bits per heavy atom. The molecule has 0 saturated carbocycles. The van der Waals surface area contributed by atoms with Gasteiger partial charge < -0.3 is 4.42 Å². The van der Waals surface area contributed by atoms with Crippen molar-refractivity contribution in [3.63, 3.8) is 0 Å². The first kappa shape index (κ1) is 39.3. The third-order valence-electron chi connectivity index (χ3n) is 15.2. The lowest BCUT2D eigenvalue weighted by atomic mass is 9.83. The molecule has 0 bridgehead atoms. The van der Waals surface area contributed by atoms with Crippen molar-refractivity contribution in [2.45, 2.75) is 0 Å². The van der Waals surface area contributed by atoms with Gasteiger partial charge >= 0.3 is 0 Å². The molecule has 3 heterocycles. The summed E-state index contributed by atoms with van der Waals surface area (Å²) in [5.41, 5.74) is 11.9. The highest BCUT2D eigenvalue weighted by atomic mass is 32.1. The zero-order valence-electron chi connectivity index (χ0n) is 38.2. The van der Waals surface area contributed by atoms with Crippen LogP contribution in [0.15, 0.2) is 235 Å². The molecule has 16 aromatic rings. The fourth-order valence-corrected chi connectivity index (χ4v) is 14.8. The predicted molar refractivity (Wildman–Crippen MR) is 309 cm³/mol. The first-order valence-corrected chi connectivity index (χ1v) is 26.0. The minimum atomic E-state index is 0.906. The number of thiophene rings is 2. The van der Waals surface area contributed by atoms with Crippen LogP contribution < -0.4 is 0 Å². The maximum absolute atomic E-state index is 6.35. The highest BCUT2D eigenvalue weighted by Gasteiger charge is 2.26. The quantitative estimate of drug-likeness (QED) is 0.160. The lowest BCUT2D eigenvalue weighted by Crippen LogP contribution is -1.93.